The van der Waals surface area contributed by atoms with E-state index >= 15 is 0 Å². The monoisotopic (exact) mass is 255 g/mol. The lowest BCUT2D eigenvalue weighted by Crippen LogP contribution is -2.20. The van der Waals surface area contributed by atoms with Gasteiger partial charge in [0.05, 0.1) is 16.2 Å². The van der Waals surface area contributed by atoms with Crippen LogP contribution >= 0.6 is 0 Å². The van der Waals surface area contributed by atoms with Gasteiger partial charge in [-0.2, -0.15) is 0 Å². The number of hydrogen-bond donors (Lipinski definition) is 2. The van der Waals surface area contributed by atoms with E-state index in [2.05, 4.69) is 5.32 Å². The van der Waals surface area contributed by atoms with E-state index in [1.165, 1.54) is 0 Å². The Bertz CT molecular complexity index is 494. The fourth-order valence-electron chi connectivity index (χ4n) is 1.88. The number of aliphatic hydroxyl groups excluding tert-OH is 1. The van der Waals surface area contributed by atoms with Crippen molar-refractivity contribution in [3.05, 3.63) is 29.8 Å². The zero-order chi connectivity index (χ0) is 12.5. The van der Waals surface area contributed by atoms with Crippen molar-refractivity contribution in [1.82, 2.24) is 5.32 Å². The Balaban J connectivity index is 2.40. The molecule has 0 spiro atoms. The summed E-state index contributed by atoms with van der Waals surface area (Å²) in [6.45, 7) is 0.344. The summed E-state index contributed by atoms with van der Waals surface area (Å²) in [6.07, 6.45) is 0.683. The first-order valence-corrected chi connectivity index (χ1v) is 7.27. The molecule has 1 aromatic carbocycles. The van der Waals surface area contributed by atoms with Crippen molar-refractivity contribution in [3.8, 4) is 0 Å². The van der Waals surface area contributed by atoms with Gasteiger partial charge in [-0.3, -0.25) is 0 Å². The molecule has 1 aliphatic rings. The van der Waals surface area contributed by atoms with Crippen LogP contribution in [0.15, 0.2) is 29.2 Å². The zero-order valence-corrected chi connectivity index (χ0v) is 10.6. The predicted octanol–water partition coefficient (Wildman–Crippen LogP) is 0.876. The van der Waals surface area contributed by atoms with E-state index in [9.17, 15) is 13.5 Å². The van der Waals surface area contributed by atoms with Crippen LogP contribution in [0.1, 0.15) is 24.5 Å². The number of likely N-dealkylation sites (N-methyl/N-ethyl adjacent to an activating group) is 1. The van der Waals surface area contributed by atoms with Crippen molar-refractivity contribution in [2.75, 3.05) is 13.6 Å². The van der Waals surface area contributed by atoms with Gasteiger partial charge in [0.15, 0.2) is 9.84 Å². The average molecular weight is 255 g/mol. The Morgan fingerprint density at radius 2 is 2.06 bits per heavy atom. The van der Waals surface area contributed by atoms with Gasteiger partial charge in [-0.25, -0.2) is 8.42 Å². The maximum atomic E-state index is 12.2. The molecular weight excluding hydrogens is 238 g/mol. The fourth-order valence-corrected chi connectivity index (χ4v) is 3.79. The highest BCUT2D eigenvalue weighted by Gasteiger charge is 2.38. The molecule has 1 saturated carbocycles. The molecule has 0 saturated heterocycles. The lowest BCUT2D eigenvalue weighted by molar-refractivity contribution is 0.174. The minimum atomic E-state index is -3.25. The van der Waals surface area contributed by atoms with E-state index in [1.54, 1.807) is 31.3 Å². The highest BCUT2D eigenvalue weighted by atomic mass is 32.2. The SMILES string of the molecule is CNCC(O)c1ccccc1S(=O)(=O)C1CC1. The van der Waals surface area contributed by atoms with Crippen molar-refractivity contribution in [2.24, 2.45) is 0 Å². The van der Waals surface area contributed by atoms with Gasteiger partial charge >= 0.3 is 0 Å². The lowest BCUT2D eigenvalue weighted by Gasteiger charge is -2.15. The lowest BCUT2D eigenvalue weighted by atomic mass is 10.1. The first kappa shape index (κ1) is 12.5. The van der Waals surface area contributed by atoms with Crippen LogP contribution < -0.4 is 5.32 Å². The van der Waals surface area contributed by atoms with Crippen molar-refractivity contribution in [3.63, 3.8) is 0 Å². The van der Waals surface area contributed by atoms with E-state index < -0.39 is 15.9 Å². The van der Waals surface area contributed by atoms with Gasteiger partial charge < -0.3 is 10.4 Å². The molecule has 1 aliphatic carbocycles. The van der Waals surface area contributed by atoms with Crippen molar-refractivity contribution in [1.29, 1.82) is 0 Å². The first-order chi connectivity index (χ1) is 8.07. The fraction of sp³-hybridized carbons (Fsp3) is 0.500. The summed E-state index contributed by atoms with van der Waals surface area (Å²) in [5, 5.41) is 12.5. The number of nitrogens with one attached hydrogen (secondary N) is 1. The summed E-state index contributed by atoms with van der Waals surface area (Å²) >= 11 is 0. The number of hydrogen-bond acceptors (Lipinski definition) is 4. The highest BCUT2D eigenvalue weighted by Crippen LogP contribution is 2.36. The van der Waals surface area contributed by atoms with Crippen molar-refractivity contribution >= 4 is 9.84 Å². The summed E-state index contributed by atoms with van der Waals surface area (Å²) in [6, 6.07) is 6.71. The van der Waals surface area contributed by atoms with E-state index in [-0.39, 0.29) is 10.1 Å². The Hall–Kier alpha value is -0.910. The van der Waals surface area contributed by atoms with Crippen LogP contribution in [0.5, 0.6) is 0 Å². The number of rotatable bonds is 5. The third-order valence-electron chi connectivity index (χ3n) is 2.95. The van der Waals surface area contributed by atoms with E-state index in [0.29, 0.717) is 12.1 Å². The number of benzene rings is 1. The van der Waals surface area contributed by atoms with Crippen LogP contribution in [0.3, 0.4) is 0 Å². The normalized spacial score (nSPS) is 18.0. The summed E-state index contributed by atoms with van der Waals surface area (Å²) in [5.74, 6) is 0. The summed E-state index contributed by atoms with van der Waals surface area (Å²) in [5.41, 5.74) is 0.494. The van der Waals surface area contributed by atoms with E-state index in [4.69, 9.17) is 0 Å². The first-order valence-electron chi connectivity index (χ1n) is 5.73. The molecule has 1 atom stereocenters. The minimum Gasteiger partial charge on any atom is -0.387 e. The minimum absolute atomic E-state index is 0.245. The maximum Gasteiger partial charge on any atom is 0.181 e. The van der Waals surface area contributed by atoms with Gasteiger partial charge in [-0.1, -0.05) is 18.2 Å². The van der Waals surface area contributed by atoms with Gasteiger partial charge in [-0.05, 0) is 26.0 Å². The van der Waals surface area contributed by atoms with Gasteiger partial charge in [0.25, 0.3) is 0 Å². The molecule has 0 aromatic heterocycles. The Morgan fingerprint density at radius 3 is 2.65 bits per heavy atom. The number of sulfone groups is 1. The third-order valence-corrected chi connectivity index (χ3v) is 5.28. The maximum absolute atomic E-state index is 12.2. The molecule has 4 nitrogen and oxygen atoms in total. The molecule has 17 heavy (non-hydrogen) atoms. The Labute approximate surface area is 102 Å². The predicted molar refractivity (Wildman–Crippen MR) is 65.5 cm³/mol. The molecule has 2 N–H and O–H groups in total. The van der Waals surface area contributed by atoms with Crippen LogP contribution in [0.2, 0.25) is 0 Å². The van der Waals surface area contributed by atoms with E-state index in [1.807, 2.05) is 0 Å². The molecule has 1 aromatic rings. The Kier molecular flexibility index (Phi) is 3.51. The topological polar surface area (TPSA) is 66.4 Å². The second kappa shape index (κ2) is 4.76. The van der Waals surface area contributed by atoms with Gasteiger partial charge in [0.2, 0.25) is 0 Å². The molecule has 1 fully saturated rings. The molecule has 94 valence electrons. The summed E-state index contributed by atoms with van der Waals surface area (Å²) < 4.78 is 24.4. The molecule has 2 rings (SSSR count). The van der Waals surface area contributed by atoms with Crippen molar-refractivity contribution < 1.29 is 13.5 Å². The van der Waals surface area contributed by atoms with Gasteiger partial charge in [0.1, 0.15) is 0 Å². The second-order valence-electron chi connectivity index (χ2n) is 4.36. The van der Waals surface area contributed by atoms with E-state index in [0.717, 1.165) is 12.8 Å². The third kappa shape index (κ3) is 2.51. The molecular formula is C12H17NO3S. The van der Waals surface area contributed by atoms with Crippen LogP contribution in [-0.2, 0) is 9.84 Å². The summed E-state index contributed by atoms with van der Waals surface area (Å²) in [4.78, 5) is 0.283. The van der Waals surface area contributed by atoms with Crippen LogP contribution in [0.25, 0.3) is 0 Å². The molecule has 0 heterocycles. The number of aliphatic hydroxyl groups is 1. The molecule has 0 aliphatic heterocycles. The summed E-state index contributed by atoms with van der Waals surface area (Å²) in [7, 11) is -1.52. The smallest absolute Gasteiger partial charge is 0.181 e. The van der Waals surface area contributed by atoms with Crippen molar-refractivity contribution in [2.45, 2.75) is 29.1 Å². The molecule has 0 amide bonds. The largest absolute Gasteiger partial charge is 0.387 e. The van der Waals surface area contributed by atoms with Crippen LogP contribution in [0.4, 0.5) is 0 Å². The van der Waals surface area contributed by atoms with Gasteiger partial charge in [0, 0.05) is 12.1 Å². The second-order valence-corrected chi connectivity index (χ2v) is 6.55. The standard InChI is InChI=1S/C12H17NO3S/c1-13-8-11(14)10-4-2-3-5-12(10)17(15,16)9-6-7-9/h2-5,9,11,13-14H,6-8H2,1H3. The average Bonchev–Trinajstić information content (AvgIpc) is 3.13. The highest BCUT2D eigenvalue weighted by molar-refractivity contribution is 7.92. The zero-order valence-electron chi connectivity index (χ0n) is 9.76. The molecule has 5 heteroatoms. The molecule has 0 bridgehead atoms. The molecule has 0 radical (unpaired) electrons. The van der Waals surface area contributed by atoms with Crippen LogP contribution in [-0.4, -0.2) is 32.4 Å². The quantitative estimate of drug-likeness (QED) is 0.819. The Morgan fingerprint density at radius 1 is 1.41 bits per heavy atom. The molecule has 1 unspecified atom stereocenters. The van der Waals surface area contributed by atoms with Crippen LogP contribution in [0, 0.1) is 0 Å². The van der Waals surface area contributed by atoms with Gasteiger partial charge in [-0.15, -0.1) is 0 Å².